The second-order valence-electron chi connectivity index (χ2n) is 5.99. The molecule has 118 valence electrons. The second-order valence-corrected chi connectivity index (χ2v) is 5.99. The van der Waals surface area contributed by atoms with Crippen LogP contribution in [0, 0.1) is 18.7 Å². The molecule has 0 bridgehead atoms. The van der Waals surface area contributed by atoms with Crippen molar-refractivity contribution in [1.29, 1.82) is 0 Å². The first-order chi connectivity index (χ1) is 11.2. The Kier molecular flexibility index (Phi) is 3.40. The molecular weight excluding hydrogens is 295 g/mol. The minimum Gasteiger partial charge on any atom is -0.368 e. The summed E-state index contributed by atoms with van der Waals surface area (Å²) < 4.78 is 14.7. The molecule has 6 nitrogen and oxygen atoms in total. The normalized spacial score (nSPS) is 14.3. The lowest BCUT2D eigenvalue weighted by Crippen LogP contribution is -2.08. The smallest absolute Gasteiger partial charge is 0.184 e. The largest absolute Gasteiger partial charge is 0.368 e. The monoisotopic (exact) mass is 312 g/mol. The van der Waals surface area contributed by atoms with Gasteiger partial charge in [-0.25, -0.2) is 19.0 Å². The highest BCUT2D eigenvalue weighted by molar-refractivity contribution is 5.82. The zero-order valence-corrected chi connectivity index (χ0v) is 12.8. The molecule has 0 amide bonds. The van der Waals surface area contributed by atoms with Gasteiger partial charge in [0, 0.05) is 6.54 Å². The highest BCUT2D eigenvalue weighted by Crippen LogP contribution is 2.29. The van der Waals surface area contributed by atoms with Gasteiger partial charge in [-0.3, -0.25) is 0 Å². The summed E-state index contributed by atoms with van der Waals surface area (Å²) in [6, 6.07) is 6.36. The predicted molar refractivity (Wildman–Crippen MR) is 84.6 cm³/mol. The maximum atomic E-state index is 13.0. The van der Waals surface area contributed by atoms with Crippen LogP contribution in [0.25, 0.3) is 11.2 Å². The van der Waals surface area contributed by atoms with E-state index < -0.39 is 0 Å². The Morgan fingerprint density at radius 1 is 1.22 bits per heavy atom. The fourth-order valence-electron chi connectivity index (χ4n) is 2.52. The van der Waals surface area contributed by atoms with Gasteiger partial charge in [0.1, 0.15) is 11.6 Å². The molecule has 2 heterocycles. The number of nitrogens with one attached hydrogen (secondary N) is 1. The number of halogens is 1. The Bertz CT molecular complexity index is 838. The average Bonchev–Trinajstić information content (AvgIpc) is 3.29. The van der Waals surface area contributed by atoms with Gasteiger partial charge in [0.15, 0.2) is 17.0 Å². The van der Waals surface area contributed by atoms with E-state index in [1.165, 1.54) is 25.0 Å². The van der Waals surface area contributed by atoms with Crippen molar-refractivity contribution in [2.24, 2.45) is 5.92 Å². The van der Waals surface area contributed by atoms with E-state index in [2.05, 4.69) is 25.6 Å². The van der Waals surface area contributed by atoms with Crippen molar-refractivity contribution in [3.8, 4) is 0 Å². The summed E-state index contributed by atoms with van der Waals surface area (Å²) >= 11 is 0. The topological polar surface area (TPSA) is 68.5 Å². The first kappa shape index (κ1) is 14.0. The van der Waals surface area contributed by atoms with Crippen LogP contribution in [-0.2, 0) is 6.54 Å². The molecule has 1 N–H and O–H groups in total. The molecule has 1 aromatic carbocycles. The third kappa shape index (κ3) is 2.99. The minimum absolute atomic E-state index is 0.248. The van der Waals surface area contributed by atoms with Gasteiger partial charge in [0.2, 0.25) is 0 Å². The van der Waals surface area contributed by atoms with E-state index in [9.17, 15) is 4.39 Å². The molecule has 1 fully saturated rings. The van der Waals surface area contributed by atoms with E-state index in [-0.39, 0.29) is 5.82 Å². The molecule has 7 heteroatoms. The van der Waals surface area contributed by atoms with Crippen molar-refractivity contribution in [2.75, 3.05) is 11.9 Å². The molecule has 3 aromatic rings. The van der Waals surface area contributed by atoms with Crippen molar-refractivity contribution >= 4 is 17.0 Å². The van der Waals surface area contributed by atoms with Crippen LogP contribution in [-0.4, -0.2) is 31.5 Å². The highest BCUT2D eigenvalue weighted by atomic mass is 19.1. The molecule has 1 aliphatic carbocycles. The second kappa shape index (κ2) is 5.57. The third-order valence-corrected chi connectivity index (χ3v) is 3.98. The van der Waals surface area contributed by atoms with Crippen molar-refractivity contribution in [3.63, 3.8) is 0 Å². The van der Waals surface area contributed by atoms with Gasteiger partial charge in [-0.05, 0) is 43.4 Å². The van der Waals surface area contributed by atoms with Crippen LogP contribution in [0.3, 0.4) is 0 Å². The number of aromatic nitrogens is 5. The maximum absolute atomic E-state index is 13.0. The molecule has 0 atom stereocenters. The number of aryl methyl sites for hydroxylation is 1. The molecule has 0 radical (unpaired) electrons. The van der Waals surface area contributed by atoms with E-state index >= 15 is 0 Å². The first-order valence-corrected chi connectivity index (χ1v) is 7.75. The van der Waals surface area contributed by atoms with Crippen LogP contribution in [0.4, 0.5) is 10.2 Å². The zero-order chi connectivity index (χ0) is 15.8. The molecule has 0 saturated heterocycles. The summed E-state index contributed by atoms with van der Waals surface area (Å²) in [6.07, 6.45) is 2.55. The standard InChI is InChI=1S/C16H17FN6/c1-10-19-15(18-8-11-2-3-11)14-16(20-10)23(22-21-14)9-12-4-6-13(17)7-5-12/h4-7,11H,2-3,8-9H2,1H3,(H,18,19,20). The summed E-state index contributed by atoms with van der Waals surface area (Å²) in [6.45, 7) is 3.27. The van der Waals surface area contributed by atoms with Gasteiger partial charge in [-0.1, -0.05) is 17.3 Å². The van der Waals surface area contributed by atoms with E-state index in [1.807, 2.05) is 6.92 Å². The zero-order valence-electron chi connectivity index (χ0n) is 12.8. The number of anilines is 1. The molecule has 1 saturated carbocycles. The Morgan fingerprint density at radius 3 is 2.74 bits per heavy atom. The highest BCUT2D eigenvalue weighted by Gasteiger charge is 2.22. The summed E-state index contributed by atoms with van der Waals surface area (Å²) in [5.74, 6) is 1.92. The molecular formula is C16H17FN6. The number of fused-ring (bicyclic) bond motifs is 1. The number of rotatable bonds is 5. The van der Waals surface area contributed by atoms with Gasteiger partial charge < -0.3 is 5.32 Å². The van der Waals surface area contributed by atoms with Crippen molar-refractivity contribution < 1.29 is 4.39 Å². The van der Waals surface area contributed by atoms with E-state index in [4.69, 9.17) is 0 Å². The fraction of sp³-hybridized carbons (Fsp3) is 0.375. The molecule has 1 aliphatic rings. The average molecular weight is 312 g/mol. The van der Waals surface area contributed by atoms with Gasteiger partial charge in [-0.2, -0.15) is 0 Å². The molecule has 23 heavy (non-hydrogen) atoms. The maximum Gasteiger partial charge on any atom is 0.184 e. The Balaban J connectivity index is 1.65. The first-order valence-electron chi connectivity index (χ1n) is 7.75. The van der Waals surface area contributed by atoms with Crippen LogP contribution in [0.1, 0.15) is 24.2 Å². The van der Waals surface area contributed by atoms with E-state index in [0.29, 0.717) is 23.5 Å². The van der Waals surface area contributed by atoms with E-state index in [0.717, 1.165) is 23.8 Å². The van der Waals surface area contributed by atoms with Gasteiger partial charge >= 0.3 is 0 Å². The molecule has 4 rings (SSSR count). The SMILES string of the molecule is Cc1nc(NCC2CC2)c2nnn(Cc3ccc(F)cc3)c2n1. The van der Waals surface area contributed by atoms with Crippen LogP contribution in [0.2, 0.25) is 0 Å². The summed E-state index contributed by atoms with van der Waals surface area (Å²) in [5, 5.41) is 11.8. The number of hydrogen-bond acceptors (Lipinski definition) is 5. The molecule has 0 spiro atoms. The van der Waals surface area contributed by atoms with Crippen LogP contribution in [0.5, 0.6) is 0 Å². The van der Waals surface area contributed by atoms with Gasteiger partial charge in [0.05, 0.1) is 6.54 Å². The lowest BCUT2D eigenvalue weighted by Gasteiger charge is -2.06. The molecule has 0 aliphatic heterocycles. The van der Waals surface area contributed by atoms with Gasteiger partial charge in [-0.15, -0.1) is 5.10 Å². The van der Waals surface area contributed by atoms with Crippen molar-refractivity contribution in [2.45, 2.75) is 26.3 Å². The van der Waals surface area contributed by atoms with Crippen molar-refractivity contribution in [1.82, 2.24) is 25.0 Å². The Labute approximate surface area is 132 Å². The number of nitrogens with zero attached hydrogens (tertiary/aromatic N) is 5. The number of hydrogen-bond donors (Lipinski definition) is 1. The van der Waals surface area contributed by atoms with Crippen molar-refractivity contribution in [3.05, 3.63) is 41.5 Å². The van der Waals surface area contributed by atoms with E-state index in [1.54, 1.807) is 16.8 Å². The molecule has 0 unspecified atom stereocenters. The quantitative estimate of drug-likeness (QED) is 0.784. The summed E-state index contributed by atoms with van der Waals surface area (Å²) in [7, 11) is 0. The van der Waals surface area contributed by atoms with Gasteiger partial charge in [0.25, 0.3) is 0 Å². The third-order valence-electron chi connectivity index (χ3n) is 3.98. The van der Waals surface area contributed by atoms with Crippen LogP contribution in [0.15, 0.2) is 24.3 Å². The fourth-order valence-corrected chi connectivity index (χ4v) is 2.52. The summed E-state index contributed by atoms with van der Waals surface area (Å²) in [4.78, 5) is 8.91. The summed E-state index contributed by atoms with van der Waals surface area (Å²) in [5.41, 5.74) is 2.32. The Morgan fingerprint density at radius 2 is 2.00 bits per heavy atom. The minimum atomic E-state index is -0.248. The molecule has 2 aromatic heterocycles. The van der Waals surface area contributed by atoms with Crippen LogP contribution >= 0.6 is 0 Å². The van der Waals surface area contributed by atoms with Crippen LogP contribution < -0.4 is 5.32 Å². The lowest BCUT2D eigenvalue weighted by molar-refractivity contribution is 0.623. The number of benzene rings is 1. The Hall–Kier alpha value is -2.57. The lowest BCUT2D eigenvalue weighted by atomic mass is 10.2. The predicted octanol–water partition coefficient (Wildman–Crippen LogP) is 2.54.